The number of nitrogens with one attached hydrogen (secondary N) is 1. The van der Waals surface area contributed by atoms with Crippen molar-refractivity contribution in [2.75, 3.05) is 54.1 Å². The predicted octanol–water partition coefficient (Wildman–Crippen LogP) is 3.14. The molecule has 1 aromatic carbocycles. The molecule has 3 N–H and O–H groups in total. The first kappa shape index (κ1) is 18.7. The maximum Gasteiger partial charge on any atom is 0.157 e. The molecule has 7 nitrogen and oxygen atoms in total. The molecule has 1 saturated carbocycles. The van der Waals surface area contributed by atoms with Gasteiger partial charge in [0.25, 0.3) is 0 Å². The second kappa shape index (κ2) is 8.54. The lowest BCUT2D eigenvalue weighted by molar-refractivity contribution is 0.415. The van der Waals surface area contributed by atoms with Crippen LogP contribution in [0.4, 0.5) is 23.0 Å². The van der Waals surface area contributed by atoms with E-state index in [-0.39, 0.29) is 0 Å². The van der Waals surface area contributed by atoms with Gasteiger partial charge in [-0.05, 0) is 37.1 Å². The molecule has 0 radical (unpaired) electrons. The highest BCUT2D eigenvalue weighted by atomic mass is 16.5. The van der Waals surface area contributed by atoms with Gasteiger partial charge in [0.1, 0.15) is 17.8 Å². The Labute approximate surface area is 166 Å². The van der Waals surface area contributed by atoms with Crippen LogP contribution in [0.2, 0.25) is 0 Å². The van der Waals surface area contributed by atoms with Gasteiger partial charge in [0.2, 0.25) is 0 Å². The topological polar surface area (TPSA) is 79.5 Å². The van der Waals surface area contributed by atoms with Gasteiger partial charge in [-0.2, -0.15) is 0 Å². The number of piperazine rings is 1. The molecule has 0 spiro atoms. The average molecular weight is 383 g/mol. The van der Waals surface area contributed by atoms with E-state index in [4.69, 9.17) is 10.5 Å². The first-order chi connectivity index (χ1) is 13.7. The Morgan fingerprint density at radius 2 is 1.64 bits per heavy atom. The molecule has 0 unspecified atom stereocenters. The number of ether oxygens (including phenoxy) is 1. The van der Waals surface area contributed by atoms with Crippen molar-refractivity contribution in [1.29, 1.82) is 0 Å². The summed E-state index contributed by atoms with van der Waals surface area (Å²) in [4.78, 5) is 13.6. The van der Waals surface area contributed by atoms with Gasteiger partial charge in [0, 0.05) is 37.9 Å². The van der Waals surface area contributed by atoms with Crippen LogP contribution in [0.3, 0.4) is 0 Å². The number of hydrogen-bond acceptors (Lipinski definition) is 7. The number of rotatable bonds is 5. The van der Waals surface area contributed by atoms with Crippen LogP contribution in [0.15, 0.2) is 30.6 Å². The first-order valence-electron chi connectivity index (χ1n) is 10.3. The van der Waals surface area contributed by atoms with Gasteiger partial charge < -0.3 is 25.6 Å². The Balaban J connectivity index is 1.40. The van der Waals surface area contributed by atoms with Crippen LogP contribution in [0.5, 0.6) is 5.75 Å². The van der Waals surface area contributed by atoms with Crippen LogP contribution in [0.25, 0.3) is 0 Å². The van der Waals surface area contributed by atoms with Crippen LogP contribution in [0.1, 0.15) is 32.1 Å². The van der Waals surface area contributed by atoms with E-state index in [2.05, 4.69) is 37.2 Å². The first-order valence-corrected chi connectivity index (χ1v) is 10.3. The molecular weight excluding hydrogens is 352 g/mol. The number of methoxy groups -OCH3 is 1. The highest BCUT2D eigenvalue weighted by Crippen LogP contribution is 2.30. The number of nitrogens with two attached hydrogens (primary N) is 1. The molecule has 1 aliphatic heterocycles. The van der Waals surface area contributed by atoms with Gasteiger partial charge in [-0.25, -0.2) is 9.97 Å². The molecule has 1 aromatic heterocycles. The van der Waals surface area contributed by atoms with Crippen molar-refractivity contribution in [2.45, 2.75) is 38.1 Å². The number of anilines is 4. The largest absolute Gasteiger partial charge is 0.497 e. The van der Waals surface area contributed by atoms with Crippen molar-refractivity contribution in [1.82, 2.24) is 9.97 Å². The molecule has 150 valence electrons. The third-order valence-electron chi connectivity index (χ3n) is 5.83. The summed E-state index contributed by atoms with van der Waals surface area (Å²) in [5.74, 6) is 2.52. The van der Waals surface area contributed by atoms with Crippen LogP contribution < -0.4 is 25.6 Å². The van der Waals surface area contributed by atoms with Gasteiger partial charge in [-0.15, -0.1) is 0 Å². The Morgan fingerprint density at radius 3 is 2.32 bits per heavy atom. The summed E-state index contributed by atoms with van der Waals surface area (Å²) < 4.78 is 5.25. The molecule has 4 rings (SSSR count). The number of nitrogen functional groups attached to an aromatic ring is 1. The lowest BCUT2D eigenvalue weighted by atomic mass is 9.95. The standard InChI is InChI=1S/C21H30N6O/c1-28-18-9-7-17(8-10-18)26-11-13-27(14-12-26)21-19(22)20(23-15-24-21)25-16-5-3-2-4-6-16/h7-10,15-16H,2-6,11-14,22H2,1H3,(H,23,24,25). The molecule has 0 atom stereocenters. The summed E-state index contributed by atoms with van der Waals surface area (Å²) in [6, 6.07) is 8.71. The molecular formula is C21H30N6O. The lowest BCUT2D eigenvalue weighted by Gasteiger charge is -2.37. The van der Waals surface area contributed by atoms with E-state index in [1.165, 1.54) is 37.8 Å². The van der Waals surface area contributed by atoms with Gasteiger partial charge in [0.05, 0.1) is 7.11 Å². The van der Waals surface area contributed by atoms with Crippen LogP contribution >= 0.6 is 0 Å². The number of hydrogen-bond donors (Lipinski definition) is 2. The van der Waals surface area contributed by atoms with E-state index in [0.717, 1.165) is 43.6 Å². The molecule has 2 aliphatic rings. The normalized spacial score (nSPS) is 18.2. The summed E-state index contributed by atoms with van der Waals surface area (Å²) in [7, 11) is 1.69. The number of aromatic nitrogens is 2. The molecule has 2 aromatic rings. The minimum atomic E-state index is 0.478. The van der Waals surface area contributed by atoms with Crippen molar-refractivity contribution in [3.05, 3.63) is 30.6 Å². The maximum absolute atomic E-state index is 6.45. The monoisotopic (exact) mass is 382 g/mol. The van der Waals surface area contributed by atoms with Crippen LogP contribution in [-0.4, -0.2) is 49.3 Å². The molecule has 0 bridgehead atoms. The lowest BCUT2D eigenvalue weighted by Crippen LogP contribution is -2.47. The molecule has 0 amide bonds. The smallest absolute Gasteiger partial charge is 0.157 e. The second-order valence-electron chi connectivity index (χ2n) is 7.61. The number of benzene rings is 1. The van der Waals surface area contributed by atoms with E-state index >= 15 is 0 Å². The van der Waals surface area contributed by atoms with Gasteiger partial charge >= 0.3 is 0 Å². The summed E-state index contributed by atoms with van der Waals surface area (Å²) >= 11 is 0. The van der Waals surface area contributed by atoms with Crippen molar-refractivity contribution in [3.63, 3.8) is 0 Å². The van der Waals surface area contributed by atoms with E-state index in [0.29, 0.717) is 11.7 Å². The highest BCUT2D eigenvalue weighted by molar-refractivity contribution is 5.75. The fraction of sp³-hybridized carbons (Fsp3) is 0.524. The Morgan fingerprint density at radius 1 is 0.964 bits per heavy atom. The van der Waals surface area contributed by atoms with Crippen LogP contribution in [0, 0.1) is 0 Å². The summed E-state index contributed by atoms with van der Waals surface area (Å²) in [5, 5.41) is 3.55. The average Bonchev–Trinajstić information content (AvgIpc) is 2.76. The zero-order chi connectivity index (χ0) is 19.3. The predicted molar refractivity (Wildman–Crippen MR) is 114 cm³/mol. The second-order valence-corrected chi connectivity index (χ2v) is 7.61. The minimum Gasteiger partial charge on any atom is -0.497 e. The number of nitrogens with zero attached hydrogens (tertiary/aromatic N) is 4. The van der Waals surface area contributed by atoms with Gasteiger partial charge in [-0.3, -0.25) is 0 Å². The summed E-state index contributed by atoms with van der Waals surface area (Å²) in [6.45, 7) is 3.63. The Bertz CT molecular complexity index is 767. The van der Waals surface area contributed by atoms with Crippen molar-refractivity contribution in [2.24, 2.45) is 0 Å². The van der Waals surface area contributed by atoms with Crippen molar-refractivity contribution < 1.29 is 4.74 Å². The van der Waals surface area contributed by atoms with E-state index < -0.39 is 0 Å². The third-order valence-corrected chi connectivity index (χ3v) is 5.83. The molecule has 2 heterocycles. The van der Waals surface area contributed by atoms with Crippen molar-refractivity contribution >= 4 is 23.0 Å². The molecule has 1 aliphatic carbocycles. The molecule has 1 saturated heterocycles. The quantitative estimate of drug-likeness (QED) is 0.822. The third kappa shape index (κ3) is 4.08. The fourth-order valence-corrected chi connectivity index (χ4v) is 4.16. The molecule has 28 heavy (non-hydrogen) atoms. The van der Waals surface area contributed by atoms with E-state index in [9.17, 15) is 0 Å². The Hall–Kier alpha value is -2.70. The maximum atomic E-state index is 6.45. The summed E-state index contributed by atoms with van der Waals surface area (Å²) in [6.07, 6.45) is 7.91. The zero-order valence-corrected chi connectivity index (χ0v) is 16.6. The van der Waals surface area contributed by atoms with Gasteiger partial charge in [0.15, 0.2) is 11.6 Å². The van der Waals surface area contributed by atoms with Gasteiger partial charge in [-0.1, -0.05) is 19.3 Å². The highest BCUT2D eigenvalue weighted by Gasteiger charge is 2.22. The SMILES string of the molecule is COc1ccc(N2CCN(c3ncnc(NC4CCCCC4)c3N)CC2)cc1. The Kier molecular flexibility index (Phi) is 5.69. The molecule has 7 heteroatoms. The van der Waals surface area contributed by atoms with E-state index in [1.54, 1.807) is 13.4 Å². The van der Waals surface area contributed by atoms with Crippen molar-refractivity contribution in [3.8, 4) is 5.75 Å². The zero-order valence-electron chi connectivity index (χ0n) is 16.6. The molecule has 2 fully saturated rings. The van der Waals surface area contributed by atoms with E-state index in [1.807, 2.05) is 12.1 Å². The van der Waals surface area contributed by atoms with Crippen LogP contribution in [-0.2, 0) is 0 Å². The minimum absolute atomic E-state index is 0.478. The summed E-state index contributed by atoms with van der Waals surface area (Å²) in [5.41, 5.74) is 8.34. The fourth-order valence-electron chi connectivity index (χ4n) is 4.16.